The average Bonchev–Trinajstić information content (AvgIpc) is 3.00. The maximum Gasteiger partial charge on any atom is 0.416 e. The van der Waals surface area contributed by atoms with Crippen LogP contribution in [0.2, 0.25) is 0 Å². The largest absolute Gasteiger partial charge is 0.416 e. The van der Waals surface area contributed by atoms with Crippen molar-refractivity contribution < 1.29 is 31.1 Å². The van der Waals surface area contributed by atoms with Crippen molar-refractivity contribution in [2.45, 2.75) is 12.4 Å². The topological polar surface area (TPSA) is 69.8 Å². The maximum atomic E-state index is 12.8. The minimum atomic E-state index is -5.00. The lowest BCUT2D eigenvalue weighted by atomic mass is 10.1. The van der Waals surface area contributed by atoms with Crippen molar-refractivity contribution in [2.24, 2.45) is 0 Å². The third kappa shape index (κ3) is 4.30. The van der Waals surface area contributed by atoms with Gasteiger partial charge in [-0.15, -0.1) is 0 Å². The van der Waals surface area contributed by atoms with Crippen molar-refractivity contribution in [3.8, 4) is 0 Å². The predicted molar refractivity (Wildman–Crippen MR) is 85.2 cm³/mol. The number of alkyl halides is 6. The molecule has 0 spiro atoms. The number of nitrogens with zero attached hydrogens (tertiary/aromatic N) is 1. The normalized spacial score (nSPS) is 12.2. The van der Waals surface area contributed by atoms with Gasteiger partial charge in [0.1, 0.15) is 0 Å². The Labute approximate surface area is 147 Å². The van der Waals surface area contributed by atoms with Gasteiger partial charge in [-0.3, -0.25) is 0 Å². The van der Waals surface area contributed by atoms with E-state index in [4.69, 9.17) is 0 Å². The lowest BCUT2D eigenvalue weighted by molar-refractivity contribution is -0.143. The number of rotatable bonds is 2. The first-order valence-corrected chi connectivity index (χ1v) is 7.33. The molecule has 142 valence electrons. The Morgan fingerprint density at radius 1 is 0.852 bits per heavy atom. The Morgan fingerprint density at radius 3 is 2.04 bits per heavy atom. The highest BCUT2D eigenvalue weighted by Gasteiger charge is 2.37. The predicted octanol–water partition coefficient (Wildman–Crippen LogP) is 5.24. The van der Waals surface area contributed by atoms with Crippen molar-refractivity contribution in [1.82, 2.24) is 9.97 Å². The highest BCUT2D eigenvalue weighted by Crippen LogP contribution is 2.37. The van der Waals surface area contributed by atoms with E-state index in [9.17, 15) is 31.1 Å². The zero-order chi connectivity index (χ0) is 19.8. The molecule has 0 saturated carbocycles. The minimum absolute atomic E-state index is 0.0186. The van der Waals surface area contributed by atoms with Crippen molar-refractivity contribution in [1.29, 1.82) is 0 Å². The monoisotopic (exact) mass is 388 g/mol. The number of carbonyl (C=O) groups is 1. The van der Waals surface area contributed by atoms with Gasteiger partial charge in [0.05, 0.1) is 28.5 Å². The molecule has 5 nitrogen and oxygen atoms in total. The van der Waals surface area contributed by atoms with Gasteiger partial charge in [0.15, 0.2) is 0 Å². The summed E-state index contributed by atoms with van der Waals surface area (Å²) in [5.41, 5.74) is -2.21. The van der Waals surface area contributed by atoms with E-state index in [-0.39, 0.29) is 11.8 Å². The molecule has 3 aromatic rings. The molecule has 0 bridgehead atoms. The van der Waals surface area contributed by atoms with E-state index in [1.807, 2.05) is 5.32 Å². The molecule has 3 N–H and O–H groups in total. The van der Waals surface area contributed by atoms with E-state index in [1.165, 1.54) is 18.5 Å². The molecule has 1 aromatic heterocycles. The molecule has 0 radical (unpaired) electrons. The maximum absolute atomic E-state index is 12.8. The van der Waals surface area contributed by atoms with Gasteiger partial charge in [-0.05, 0) is 36.4 Å². The Hall–Kier alpha value is -3.24. The van der Waals surface area contributed by atoms with Crippen LogP contribution in [0.5, 0.6) is 0 Å². The number of aromatic amines is 1. The number of anilines is 2. The number of hydrogen-bond acceptors (Lipinski definition) is 2. The van der Waals surface area contributed by atoms with Crippen LogP contribution in [0.1, 0.15) is 11.1 Å². The number of halogens is 6. The molecule has 0 fully saturated rings. The van der Waals surface area contributed by atoms with Gasteiger partial charge in [-0.1, -0.05) is 0 Å². The van der Waals surface area contributed by atoms with E-state index < -0.39 is 35.2 Å². The standard InChI is InChI=1S/C16H10F6N4O/c17-15(18,19)8-3-9(16(20,21)22)5-11(4-8)26-14(27)25-10-1-2-12-13(6-10)24-7-23-12/h1-7H,(H,23,24)(H2,25,26,27). The minimum Gasteiger partial charge on any atom is -0.345 e. The number of aromatic nitrogens is 2. The molecule has 2 amide bonds. The molecule has 0 aliphatic carbocycles. The number of amides is 2. The first-order valence-electron chi connectivity index (χ1n) is 7.33. The SMILES string of the molecule is O=C(Nc1cc(C(F)(F)F)cc(C(F)(F)F)c1)Nc1ccc2nc[nH]c2c1. The Bertz CT molecular complexity index is 960. The highest BCUT2D eigenvalue weighted by molar-refractivity contribution is 6.00. The second kappa shape index (κ2) is 6.49. The molecule has 0 atom stereocenters. The number of hydrogen-bond donors (Lipinski definition) is 3. The molecule has 11 heteroatoms. The molecule has 0 aliphatic heterocycles. The summed E-state index contributed by atoms with van der Waals surface area (Å²) in [6, 6.07) is 4.40. The zero-order valence-corrected chi connectivity index (χ0v) is 13.2. The quantitative estimate of drug-likeness (QED) is 0.525. The summed E-state index contributed by atoms with van der Waals surface area (Å²) < 4.78 is 77.0. The summed E-state index contributed by atoms with van der Waals surface area (Å²) in [7, 11) is 0. The molecule has 27 heavy (non-hydrogen) atoms. The Morgan fingerprint density at radius 2 is 1.44 bits per heavy atom. The number of H-pyrrole nitrogens is 1. The fraction of sp³-hybridized carbons (Fsp3) is 0.125. The van der Waals surface area contributed by atoms with Crippen LogP contribution >= 0.6 is 0 Å². The van der Waals surface area contributed by atoms with E-state index in [0.717, 1.165) is 0 Å². The number of imidazole rings is 1. The molecule has 0 saturated heterocycles. The highest BCUT2D eigenvalue weighted by atomic mass is 19.4. The van der Waals surface area contributed by atoms with Gasteiger partial charge in [0, 0.05) is 11.4 Å². The lowest BCUT2D eigenvalue weighted by Crippen LogP contribution is -2.20. The van der Waals surface area contributed by atoms with Crippen LogP contribution in [0.25, 0.3) is 11.0 Å². The molecule has 3 rings (SSSR count). The van der Waals surface area contributed by atoms with Gasteiger partial charge in [0.2, 0.25) is 0 Å². The van der Waals surface area contributed by atoms with Crippen LogP contribution in [0.3, 0.4) is 0 Å². The fourth-order valence-electron chi connectivity index (χ4n) is 2.33. The lowest BCUT2D eigenvalue weighted by Gasteiger charge is -2.15. The first kappa shape index (κ1) is 18.5. The third-order valence-electron chi connectivity index (χ3n) is 3.52. The van der Waals surface area contributed by atoms with Crippen molar-refractivity contribution in [2.75, 3.05) is 10.6 Å². The summed E-state index contributed by atoms with van der Waals surface area (Å²) in [6.45, 7) is 0. The van der Waals surface area contributed by atoms with Crippen LogP contribution in [-0.2, 0) is 12.4 Å². The molecule has 1 heterocycles. The number of carbonyl (C=O) groups excluding carboxylic acids is 1. The van der Waals surface area contributed by atoms with E-state index >= 15 is 0 Å². The second-order valence-electron chi connectivity index (χ2n) is 5.51. The third-order valence-corrected chi connectivity index (χ3v) is 3.52. The van der Waals surface area contributed by atoms with Crippen LogP contribution in [0.4, 0.5) is 42.5 Å². The average molecular weight is 388 g/mol. The Kier molecular flexibility index (Phi) is 4.46. The first-order chi connectivity index (χ1) is 12.5. The number of urea groups is 1. The van der Waals surface area contributed by atoms with Gasteiger partial charge in [-0.25, -0.2) is 9.78 Å². The summed E-state index contributed by atoms with van der Waals surface area (Å²) in [4.78, 5) is 18.7. The molecular formula is C16H10F6N4O. The van der Waals surface area contributed by atoms with Crippen LogP contribution < -0.4 is 10.6 Å². The molecule has 2 aromatic carbocycles. The van der Waals surface area contributed by atoms with E-state index in [0.29, 0.717) is 23.2 Å². The van der Waals surface area contributed by atoms with E-state index in [1.54, 1.807) is 6.07 Å². The summed E-state index contributed by atoms with van der Waals surface area (Å²) >= 11 is 0. The summed E-state index contributed by atoms with van der Waals surface area (Å²) in [5, 5.41) is 4.31. The van der Waals surface area contributed by atoms with Crippen LogP contribution in [0, 0.1) is 0 Å². The summed E-state index contributed by atoms with van der Waals surface area (Å²) in [6.07, 6.45) is -8.57. The number of benzene rings is 2. The van der Waals surface area contributed by atoms with Crippen LogP contribution in [0.15, 0.2) is 42.7 Å². The number of fused-ring (bicyclic) bond motifs is 1. The van der Waals surface area contributed by atoms with E-state index in [2.05, 4.69) is 15.3 Å². The second-order valence-corrected chi connectivity index (χ2v) is 5.51. The zero-order valence-electron chi connectivity index (χ0n) is 13.2. The van der Waals surface area contributed by atoms with Crippen LogP contribution in [-0.4, -0.2) is 16.0 Å². The molecule has 0 aliphatic rings. The van der Waals surface area contributed by atoms with Gasteiger partial charge in [-0.2, -0.15) is 26.3 Å². The molecule has 0 unspecified atom stereocenters. The summed E-state index contributed by atoms with van der Waals surface area (Å²) in [5.74, 6) is 0. The number of nitrogens with one attached hydrogen (secondary N) is 3. The van der Waals surface area contributed by atoms with Gasteiger partial charge < -0.3 is 15.6 Å². The van der Waals surface area contributed by atoms with Crippen molar-refractivity contribution in [3.05, 3.63) is 53.9 Å². The fourth-order valence-corrected chi connectivity index (χ4v) is 2.33. The van der Waals surface area contributed by atoms with Crippen molar-refractivity contribution >= 4 is 28.4 Å². The smallest absolute Gasteiger partial charge is 0.345 e. The molecular weight excluding hydrogens is 378 g/mol. The van der Waals surface area contributed by atoms with Crippen molar-refractivity contribution in [3.63, 3.8) is 0 Å². The van der Waals surface area contributed by atoms with Gasteiger partial charge >= 0.3 is 18.4 Å². The van der Waals surface area contributed by atoms with Gasteiger partial charge in [0.25, 0.3) is 0 Å². The Balaban J connectivity index is 1.83.